The molecule has 0 bridgehead atoms. The zero-order valence-electron chi connectivity index (χ0n) is 10.7. The first kappa shape index (κ1) is 12.3. The molecule has 0 amide bonds. The number of para-hydroxylation sites is 1. The summed E-state index contributed by atoms with van der Waals surface area (Å²) in [6, 6.07) is 9.45. The van der Waals surface area contributed by atoms with E-state index in [1.807, 2.05) is 51.1 Å². The number of hydrogen-bond donors (Lipinski definition) is 1. The van der Waals surface area contributed by atoms with Crippen molar-refractivity contribution in [2.75, 3.05) is 5.73 Å². The van der Waals surface area contributed by atoms with E-state index < -0.39 is 0 Å². The van der Waals surface area contributed by atoms with Crippen LogP contribution in [-0.4, -0.2) is 9.78 Å². The maximum absolute atomic E-state index is 11.0. The van der Waals surface area contributed by atoms with Gasteiger partial charge in [0.05, 0.1) is 11.4 Å². The van der Waals surface area contributed by atoms with Gasteiger partial charge in [-0.3, -0.25) is 0 Å². The maximum atomic E-state index is 11.0. The number of rotatable bonds is 2. The molecule has 0 atom stereocenters. The van der Waals surface area contributed by atoms with Crippen LogP contribution in [0.25, 0.3) is 5.69 Å². The summed E-state index contributed by atoms with van der Waals surface area (Å²) >= 11 is 0. The van der Waals surface area contributed by atoms with E-state index in [1.54, 1.807) is 4.68 Å². The van der Waals surface area contributed by atoms with Gasteiger partial charge in [-0.15, -0.1) is 4.91 Å². The molecule has 5 nitrogen and oxygen atoms in total. The minimum Gasteiger partial charge on any atom is -0.382 e. The lowest BCUT2D eigenvalue weighted by molar-refractivity contribution is 0.561. The fourth-order valence-electron chi connectivity index (χ4n) is 1.78. The topological polar surface area (TPSA) is 73.3 Å². The van der Waals surface area contributed by atoms with Crippen LogP contribution in [0.4, 0.5) is 11.5 Å². The summed E-state index contributed by atoms with van der Waals surface area (Å²) in [6.45, 7) is 5.91. The van der Waals surface area contributed by atoms with Crippen LogP contribution in [0.1, 0.15) is 26.5 Å². The second-order valence-electron chi connectivity index (χ2n) is 5.17. The molecule has 0 saturated carbocycles. The molecule has 1 aromatic heterocycles. The van der Waals surface area contributed by atoms with Gasteiger partial charge in [-0.05, 0) is 17.3 Å². The van der Waals surface area contributed by atoms with Gasteiger partial charge in [0.15, 0.2) is 11.5 Å². The molecule has 0 fully saturated rings. The van der Waals surface area contributed by atoms with Crippen molar-refractivity contribution < 1.29 is 0 Å². The summed E-state index contributed by atoms with van der Waals surface area (Å²) < 4.78 is 1.55. The molecule has 0 radical (unpaired) electrons. The van der Waals surface area contributed by atoms with Crippen LogP contribution in [-0.2, 0) is 5.41 Å². The number of nitrogens with two attached hydrogens (primary N) is 1. The molecule has 0 spiro atoms. The number of benzene rings is 1. The van der Waals surface area contributed by atoms with Crippen molar-refractivity contribution in [2.24, 2.45) is 5.18 Å². The molecule has 1 heterocycles. The summed E-state index contributed by atoms with van der Waals surface area (Å²) in [6.07, 6.45) is 0. The highest BCUT2D eigenvalue weighted by Crippen LogP contribution is 2.36. The van der Waals surface area contributed by atoms with Crippen molar-refractivity contribution in [1.29, 1.82) is 0 Å². The Balaban J connectivity index is 2.65. The Morgan fingerprint density at radius 1 is 1.22 bits per heavy atom. The van der Waals surface area contributed by atoms with Crippen LogP contribution in [0.3, 0.4) is 0 Å². The SMILES string of the molecule is CC(C)(C)c1nn(-c2ccccc2)c(N)c1N=O. The molecule has 0 aliphatic carbocycles. The van der Waals surface area contributed by atoms with E-state index in [2.05, 4.69) is 10.3 Å². The highest BCUT2D eigenvalue weighted by atomic mass is 16.3. The summed E-state index contributed by atoms with van der Waals surface area (Å²) in [4.78, 5) is 11.0. The molecule has 0 aliphatic heterocycles. The van der Waals surface area contributed by atoms with E-state index in [1.165, 1.54) is 0 Å². The van der Waals surface area contributed by atoms with Gasteiger partial charge in [-0.1, -0.05) is 39.0 Å². The zero-order chi connectivity index (χ0) is 13.3. The predicted molar refractivity (Wildman–Crippen MR) is 72.1 cm³/mol. The summed E-state index contributed by atoms with van der Waals surface area (Å²) in [7, 11) is 0. The highest BCUT2D eigenvalue weighted by molar-refractivity contribution is 5.65. The number of nitrogens with zero attached hydrogens (tertiary/aromatic N) is 3. The van der Waals surface area contributed by atoms with Crippen molar-refractivity contribution >= 4 is 11.5 Å². The quantitative estimate of drug-likeness (QED) is 0.824. The maximum Gasteiger partial charge on any atom is 0.173 e. The molecular weight excluding hydrogens is 228 g/mol. The zero-order valence-corrected chi connectivity index (χ0v) is 10.7. The number of hydrogen-bond acceptors (Lipinski definition) is 4. The van der Waals surface area contributed by atoms with Crippen LogP contribution < -0.4 is 5.73 Å². The minimum atomic E-state index is -0.280. The van der Waals surface area contributed by atoms with E-state index in [9.17, 15) is 4.91 Å². The number of anilines is 1. The van der Waals surface area contributed by atoms with Crippen molar-refractivity contribution in [3.63, 3.8) is 0 Å². The molecule has 2 N–H and O–H groups in total. The highest BCUT2D eigenvalue weighted by Gasteiger charge is 2.27. The smallest absolute Gasteiger partial charge is 0.173 e. The van der Waals surface area contributed by atoms with Gasteiger partial charge >= 0.3 is 0 Å². The molecule has 18 heavy (non-hydrogen) atoms. The first-order chi connectivity index (χ1) is 8.45. The third kappa shape index (κ3) is 1.99. The Labute approximate surface area is 106 Å². The van der Waals surface area contributed by atoms with Crippen molar-refractivity contribution in [2.45, 2.75) is 26.2 Å². The number of nitrogen functional groups attached to an aromatic ring is 1. The largest absolute Gasteiger partial charge is 0.382 e. The Bertz CT molecular complexity index is 567. The molecule has 94 valence electrons. The summed E-state index contributed by atoms with van der Waals surface area (Å²) in [5.41, 5.74) is 7.32. The second-order valence-corrected chi connectivity index (χ2v) is 5.17. The van der Waals surface area contributed by atoms with Gasteiger partial charge in [0.25, 0.3) is 0 Å². The lowest BCUT2D eigenvalue weighted by atomic mass is 9.91. The predicted octanol–water partition coefficient (Wildman–Crippen LogP) is 3.15. The lowest BCUT2D eigenvalue weighted by Crippen LogP contribution is -2.13. The van der Waals surface area contributed by atoms with Crippen LogP contribution in [0.2, 0.25) is 0 Å². The monoisotopic (exact) mass is 244 g/mol. The number of aromatic nitrogens is 2. The number of nitroso groups, excluding NO2 is 1. The molecule has 0 aliphatic rings. The standard InChI is InChI=1S/C13H16N4O/c1-13(2,3)11-10(16-18)12(14)17(15-11)9-7-5-4-6-8-9/h4-8H,14H2,1-3H3. The Morgan fingerprint density at radius 2 is 1.83 bits per heavy atom. The van der Waals surface area contributed by atoms with Gasteiger partial charge < -0.3 is 5.73 Å². The summed E-state index contributed by atoms with van der Waals surface area (Å²) in [5, 5.41) is 7.44. The minimum absolute atomic E-state index is 0.228. The van der Waals surface area contributed by atoms with E-state index in [0.717, 1.165) is 5.69 Å². The summed E-state index contributed by atoms with van der Waals surface area (Å²) in [5.74, 6) is 0.279. The Morgan fingerprint density at radius 3 is 2.28 bits per heavy atom. The third-order valence-corrected chi connectivity index (χ3v) is 2.70. The van der Waals surface area contributed by atoms with E-state index in [0.29, 0.717) is 5.69 Å². The average Bonchev–Trinajstić information content (AvgIpc) is 2.67. The molecule has 1 aromatic carbocycles. The van der Waals surface area contributed by atoms with E-state index in [-0.39, 0.29) is 16.9 Å². The van der Waals surface area contributed by atoms with Crippen molar-refractivity contribution in [3.05, 3.63) is 40.9 Å². The lowest BCUT2D eigenvalue weighted by Gasteiger charge is -2.14. The van der Waals surface area contributed by atoms with Crippen molar-refractivity contribution in [3.8, 4) is 5.69 Å². The second kappa shape index (κ2) is 4.25. The van der Waals surface area contributed by atoms with E-state index in [4.69, 9.17) is 5.73 Å². The first-order valence-electron chi connectivity index (χ1n) is 5.73. The molecule has 5 heteroatoms. The molecule has 2 rings (SSSR count). The van der Waals surface area contributed by atoms with Crippen LogP contribution in [0.5, 0.6) is 0 Å². The van der Waals surface area contributed by atoms with Gasteiger partial charge in [-0.2, -0.15) is 5.10 Å². The normalized spacial score (nSPS) is 11.5. The van der Waals surface area contributed by atoms with Gasteiger partial charge in [0.2, 0.25) is 0 Å². The van der Waals surface area contributed by atoms with Crippen LogP contribution >= 0.6 is 0 Å². The Kier molecular flexibility index (Phi) is 2.90. The fraction of sp³-hybridized carbons (Fsp3) is 0.308. The third-order valence-electron chi connectivity index (χ3n) is 2.70. The average molecular weight is 244 g/mol. The van der Waals surface area contributed by atoms with Gasteiger partial charge in [-0.25, -0.2) is 4.68 Å². The van der Waals surface area contributed by atoms with E-state index >= 15 is 0 Å². The molecule has 0 unspecified atom stereocenters. The van der Waals surface area contributed by atoms with Crippen LogP contribution in [0, 0.1) is 4.91 Å². The van der Waals surface area contributed by atoms with Crippen molar-refractivity contribution in [1.82, 2.24) is 9.78 Å². The molecular formula is C13H16N4O. The fourth-order valence-corrected chi connectivity index (χ4v) is 1.78. The Hall–Kier alpha value is -2.17. The molecule has 0 saturated heterocycles. The van der Waals surface area contributed by atoms with Gasteiger partial charge in [0, 0.05) is 5.41 Å². The first-order valence-corrected chi connectivity index (χ1v) is 5.73. The molecule has 2 aromatic rings. The van der Waals surface area contributed by atoms with Gasteiger partial charge in [0.1, 0.15) is 0 Å². The van der Waals surface area contributed by atoms with Crippen LogP contribution in [0.15, 0.2) is 35.5 Å².